The molecule has 3 aliphatic carbocycles. The molecule has 0 N–H and O–H groups in total. The van der Waals surface area contributed by atoms with Gasteiger partial charge in [-0.15, -0.1) is 5.10 Å². The summed E-state index contributed by atoms with van der Waals surface area (Å²) in [6.07, 6.45) is 25.5. The second-order valence-corrected chi connectivity index (χ2v) is 10.1. The zero-order valence-electron chi connectivity index (χ0n) is 22.5. The van der Waals surface area contributed by atoms with Gasteiger partial charge in [-0.25, -0.2) is 4.79 Å². The van der Waals surface area contributed by atoms with Gasteiger partial charge in [-0.05, 0) is 83.0 Å². The van der Waals surface area contributed by atoms with Gasteiger partial charge in [0.15, 0.2) is 0 Å². The van der Waals surface area contributed by atoms with Crippen LogP contribution in [0.1, 0.15) is 37.7 Å². The lowest BCUT2D eigenvalue weighted by molar-refractivity contribution is -0.145. The predicted molar refractivity (Wildman–Crippen MR) is 157 cm³/mol. The maximum Gasteiger partial charge on any atom is 0.335 e. The van der Waals surface area contributed by atoms with E-state index in [-0.39, 0.29) is 12.4 Å². The van der Waals surface area contributed by atoms with Crippen molar-refractivity contribution >= 4 is 17.0 Å². The summed E-state index contributed by atoms with van der Waals surface area (Å²) in [4.78, 5) is 20.2. The van der Waals surface area contributed by atoms with Crippen molar-refractivity contribution in [2.45, 2.75) is 37.5 Å². The molecule has 0 spiro atoms. The number of allylic oxidation sites excluding steroid dienone is 14. The van der Waals surface area contributed by atoms with E-state index in [1.807, 2.05) is 36.4 Å². The molecule has 3 aliphatic rings. The minimum absolute atomic E-state index is 0.185. The van der Waals surface area contributed by atoms with Crippen LogP contribution >= 0.6 is 0 Å². The van der Waals surface area contributed by atoms with Crippen LogP contribution in [0.4, 0.5) is 0 Å². The molecule has 3 aromatic rings. The van der Waals surface area contributed by atoms with Crippen molar-refractivity contribution in [2.75, 3.05) is 7.11 Å². The smallest absolute Gasteiger partial charge is 0.335 e. The van der Waals surface area contributed by atoms with E-state index < -0.39 is 5.41 Å². The molecule has 1 aromatic heterocycles. The molecule has 0 bridgehead atoms. The summed E-state index contributed by atoms with van der Waals surface area (Å²) < 4.78 is 5.48. The topological polar surface area (TPSA) is 66.2 Å². The molecule has 6 heteroatoms. The maximum absolute atomic E-state index is 13.3. The Morgan fingerprint density at radius 3 is 2.50 bits per heavy atom. The monoisotopic (exact) mass is 529 g/mol. The zero-order chi connectivity index (χ0) is 27.4. The van der Waals surface area contributed by atoms with Gasteiger partial charge in [-0.1, -0.05) is 89.9 Å². The molecule has 6 rings (SSSR count). The largest absolute Gasteiger partial charge is 0.497 e. The number of aromatic nitrogens is 3. The van der Waals surface area contributed by atoms with E-state index in [9.17, 15) is 4.79 Å². The van der Waals surface area contributed by atoms with Crippen LogP contribution in [-0.2, 0) is 10.2 Å². The van der Waals surface area contributed by atoms with Gasteiger partial charge in [0, 0.05) is 11.8 Å². The molecule has 1 unspecified atom stereocenters. The number of ether oxygens (including phenoxy) is 1. The number of carbonyl (C=O) groups is 1. The van der Waals surface area contributed by atoms with Crippen LogP contribution in [0.2, 0.25) is 0 Å². The second-order valence-electron chi connectivity index (χ2n) is 10.1. The Morgan fingerprint density at radius 1 is 0.925 bits per heavy atom. The normalized spacial score (nSPS) is 17.6. The highest BCUT2D eigenvalue weighted by Gasteiger charge is 2.39. The van der Waals surface area contributed by atoms with Gasteiger partial charge in [0.1, 0.15) is 16.8 Å². The standard InChI is InChI=1S/C34H31N3O3/c1-39-30-21-19-29(20-22-30)34(27-12-3-2-4-13-27,28-14-8-11-26(17-18-28)25-9-7-10-25)24-23-33(38)40-37-32-16-6-5-15-31(32)35-36-37/h3,5-7,9-22H,2,4,8,23-24H2,1H3. The van der Waals surface area contributed by atoms with E-state index in [4.69, 9.17) is 9.57 Å². The molecular formula is C34H31N3O3. The highest BCUT2D eigenvalue weighted by Crippen LogP contribution is 2.47. The van der Waals surface area contributed by atoms with Crippen LogP contribution in [0.25, 0.3) is 11.0 Å². The second kappa shape index (κ2) is 11.2. The van der Waals surface area contributed by atoms with Gasteiger partial charge in [0.25, 0.3) is 0 Å². The van der Waals surface area contributed by atoms with Crippen molar-refractivity contribution in [3.8, 4) is 5.75 Å². The number of rotatable bonds is 9. The zero-order valence-corrected chi connectivity index (χ0v) is 22.5. The third-order valence-corrected chi connectivity index (χ3v) is 7.78. The summed E-state index contributed by atoms with van der Waals surface area (Å²) in [7, 11) is 1.67. The Labute approximate surface area is 233 Å². The first kappa shape index (κ1) is 25.6. The lowest BCUT2D eigenvalue weighted by Crippen LogP contribution is -2.33. The fourth-order valence-electron chi connectivity index (χ4n) is 5.63. The Kier molecular flexibility index (Phi) is 7.15. The van der Waals surface area contributed by atoms with E-state index in [1.165, 1.54) is 21.6 Å². The minimum Gasteiger partial charge on any atom is -0.497 e. The maximum atomic E-state index is 13.3. The molecule has 40 heavy (non-hydrogen) atoms. The number of methoxy groups -OCH3 is 1. The van der Waals surface area contributed by atoms with Crippen LogP contribution in [-0.4, -0.2) is 28.2 Å². The molecular weight excluding hydrogens is 498 g/mol. The van der Waals surface area contributed by atoms with E-state index >= 15 is 0 Å². The molecule has 0 amide bonds. The molecule has 0 aliphatic heterocycles. The molecule has 0 radical (unpaired) electrons. The molecule has 0 fully saturated rings. The van der Waals surface area contributed by atoms with Gasteiger partial charge < -0.3 is 9.57 Å². The summed E-state index contributed by atoms with van der Waals surface area (Å²) in [5.74, 6) is 0.428. The Morgan fingerprint density at radius 2 is 1.75 bits per heavy atom. The first-order valence-electron chi connectivity index (χ1n) is 13.7. The Balaban J connectivity index is 1.37. The van der Waals surface area contributed by atoms with E-state index in [2.05, 4.69) is 83.2 Å². The summed E-state index contributed by atoms with van der Waals surface area (Å²) in [5, 5.41) is 8.14. The number of fused-ring (bicyclic) bond motifs is 1. The van der Waals surface area contributed by atoms with Crippen molar-refractivity contribution in [1.29, 1.82) is 0 Å². The van der Waals surface area contributed by atoms with Gasteiger partial charge in [0.2, 0.25) is 0 Å². The van der Waals surface area contributed by atoms with Crippen molar-refractivity contribution in [3.05, 3.63) is 137 Å². The van der Waals surface area contributed by atoms with Crippen LogP contribution in [0, 0.1) is 0 Å². The van der Waals surface area contributed by atoms with Crippen molar-refractivity contribution in [3.63, 3.8) is 0 Å². The molecule has 6 nitrogen and oxygen atoms in total. The molecule has 0 saturated carbocycles. The van der Waals surface area contributed by atoms with Gasteiger partial charge in [-0.3, -0.25) is 0 Å². The summed E-state index contributed by atoms with van der Waals surface area (Å²) >= 11 is 0. The number of hydrogen-bond donors (Lipinski definition) is 0. The van der Waals surface area contributed by atoms with Crippen molar-refractivity contribution < 1.29 is 14.4 Å². The fourth-order valence-corrected chi connectivity index (χ4v) is 5.63. The average Bonchev–Trinajstić information content (AvgIpc) is 3.22. The van der Waals surface area contributed by atoms with Crippen molar-refractivity contribution in [2.24, 2.45) is 0 Å². The number of benzene rings is 2. The first-order valence-corrected chi connectivity index (χ1v) is 13.7. The van der Waals surface area contributed by atoms with Gasteiger partial charge in [-0.2, -0.15) is 0 Å². The predicted octanol–water partition coefficient (Wildman–Crippen LogP) is 6.70. The van der Waals surface area contributed by atoms with Crippen molar-refractivity contribution in [1.82, 2.24) is 15.2 Å². The highest BCUT2D eigenvalue weighted by atomic mass is 16.7. The number of para-hydroxylation sites is 1. The Hall–Kier alpha value is -4.71. The quantitative estimate of drug-likeness (QED) is 0.289. The lowest BCUT2D eigenvalue weighted by Gasteiger charge is -2.38. The minimum atomic E-state index is -0.559. The van der Waals surface area contributed by atoms with E-state index in [1.54, 1.807) is 7.11 Å². The fraction of sp³-hybridized carbons (Fsp3) is 0.206. The van der Waals surface area contributed by atoms with Gasteiger partial charge in [0.05, 0.1) is 7.11 Å². The third-order valence-electron chi connectivity index (χ3n) is 7.78. The number of nitrogens with zero attached hydrogens (tertiary/aromatic N) is 3. The van der Waals surface area contributed by atoms with Crippen LogP contribution in [0.15, 0.2) is 132 Å². The van der Waals surface area contributed by atoms with Gasteiger partial charge >= 0.3 is 5.97 Å². The van der Waals surface area contributed by atoms with E-state index in [0.29, 0.717) is 17.5 Å². The summed E-state index contributed by atoms with van der Waals surface area (Å²) in [6.45, 7) is 0. The van der Waals surface area contributed by atoms with Crippen LogP contribution in [0.3, 0.4) is 0 Å². The first-order chi connectivity index (χ1) is 19.7. The summed E-state index contributed by atoms with van der Waals surface area (Å²) in [5.41, 5.74) is 6.67. The number of hydrogen-bond acceptors (Lipinski definition) is 5. The Bertz CT molecular complexity index is 1650. The number of carbonyl (C=O) groups excluding carboxylic acids is 1. The summed E-state index contributed by atoms with van der Waals surface area (Å²) in [6, 6.07) is 15.6. The highest BCUT2D eigenvalue weighted by molar-refractivity contribution is 5.76. The molecule has 2 aromatic carbocycles. The van der Waals surface area contributed by atoms with Crippen LogP contribution in [0.5, 0.6) is 5.75 Å². The SMILES string of the molecule is COc1ccc(C(CCC(=O)On2nnc3ccccc32)(C2=CCC=C(C3=CC=C3)C=C2)C2=CCCC=C2)cc1. The molecule has 1 atom stereocenters. The third kappa shape index (κ3) is 4.89. The molecule has 200 valence electrons. The molecule has 0 saturated heterocycles. The molecule has 1 heterocycles. The average molecular weight is 530 g/mol. The van der Waals surface area contributed by atoms with Crippen LogP contribution < -0.4 is 9.57 Å². The van der Waals surface area contributed by atoms with E-state index in [0.717, 1.165) is 36.1 Å². The lowest BCUT2D eigenvalue weighted by atomic mass is 9.64.